The SMILES string of the molecule is C/C(=C(/F)C(=O)N(C)CCc1ncc(Br)cn1)C1CC1. The Morgan fingerprint density at radius 2 is 2.05 bits per heavy atom. The first-order chi connectivity index (χ1) is 9.49. The second-order valence-electron chi connectivity index (χ2n) is 5.07. The minimum absolute atomic E-state index is 0.266. The molecule has 20 heavy (non-hydrogen) atoms. The Bertz CT molecular complexity index is 526. The van der Waals surface area contributed by atoms with E-state index in [1.807, 2.05) is 0 Å². The third kappa shape index (κ3) is 3.85. The van der Waals surface area contributed by atoms with Crippen molar-refractivity contribution in [2.24, 2.45) is 5.92 Å². The normalized spacial score (nSPS) is 15.8. The van der Waals surface area contributed by atoms with Crippen LogP contribution in [-0.2, 0) is 11.2 Å². The first kappa shape index (κ1) is 15.1. The molecule has 1 aliphatic rings. The summed E-state index contributed by atoms with van der Waals surface area (Å²) in [5, 5.41) is 0. The molecule has 0 aliphatic heterocycles. The molecule has 0 bridgehead atoms. The minimum Gasteiger partial charge on any atom is -0.339 e. The Morgan fingerprint density at radius 1 is 1.45 bits per heavy atom. The average Bonchev–Trinajstić information content (AvgIpc) is 3.28. The van der Waals surface area contributed by atoms with Crippen molar-refractivity contribution in [3.63, 3.8) is 0 Å². The van der Waals surface area contributed by atoms with E-state index < -0.39 is 11.7 Å². The van der Waals surface area contributed by atoms with Crippen LogP contribution in [0.4, 0.5) is 4.39 Å². The third-order valence-corrected chi connectivity index (χ3v) is 3.82. The fourth-order valence-electron chi connectivity index (χ4n) is 1.87. The molecular formula is C14H17BrFN3O. The molecule has 0 aromatic carbocycles. The van der Waals surface area contributed by atoms with Crippen molar-refractivity contribution in [2.45, 2.75) is 26.2 Å². The summed E-state index contributed by atoms with van der Waals surface area (Å²) >= 11 is 3.26. The predicted molar refractivity (Wildman–Crippen MR) is 77.6 cm³/mol. The van der Waals surface area contributed by atoms with Crippen LogP contribution < -0.4 is 0 Å². The van der Waals surface area contributed by atoms with Crippen LogP contribution in [-0.4, -0.2) is 34.4 Å². The lowest BCUT2D eigenvalue weighted by Crippen LogP contribution is -2.30. The van der Waals surface area contributed by atoms with Gasteiger partial charge in [0.1, 0.15) is 5.82 Å². The van der Waals surface area contributed by atoms with Gasteiger partial charge in [-0.3, -0.25) is 4.79 Å². The van der Waals surface area contributed by atoms with Crippen molar-refractivity contribution < 1.29 is 9.18 Å². The molecule has 0 N–H and O–H groups in total. The van der Waals surface area contributed by atoms with Crippen LogP contribution in [0, 0.1) is 5.92 Å². The molecule has 108 valence electrons. The van der Waals surface area contributed by atoms with Crippen molar-refractivity contribution in [1.29, 1.82) is 0 Å². The minimum atomic E-state index is -0.605. The molecule has 1 amide bonds. The molecule has 0 spiro atoms. The highest BCUT2D eigenvalue weighted by Gasteiger charge is 2.29. The van der Waals surface area contributed by atoms with Crippen molar-refractivity contribution in [3.8, 4) is 0 Å². The number of halogens is 2. The van der Waals surface area contributed by atoms with Crippen LogP contribution in [0.2, 0.25) is 0 Å². The molecule has 6 heteroatoms. The van der Waals surface area contributed by atoms with E-state index >= 15 is 0 Å². The predicted octanol–water partition coefficient (Wildman–Crippen LogP) is 2.89. The number of aromatic nitrogens is 2. The maximum atomic E-state index is 14.0. The molecule has 1 aromatic rings. The number of nitrogens with zero attached hydrogens (tertiary/aromatic N) is 3. The first-order valence-corrected chi connectivity index (χ1v) is 7.36. The van der Waals surface area contributed by atoms with Gasteiger partial charge in [-0.2, -0.15) is 0 Å². The van der Waals surface area contributed by atoms with Crippen molar-refractivity contribution in [1.82, 2.24) is 14.9 Å². The third-order valence-electron chi connectivity index (χ3n) is 3.42. The zero-order chi connectivity index (χ0) is 14.7. The molecule has 4 nitrogen and oxygen atoms in total. The van der Waals surface area contributed by atoms with Crippen LogP contribution in [0.25, 0.3) is 0 Å². The summed E-state index contributed by atoms with van der Waals surface area (Å²) in [7, 11) is 1.60. The summed E-state index contributed by atoms with van der Waals surface area (Å²) in [6.45, 7) is 2.10. The van der Waals surface area contributed by atoms with Crippen molar-refractivity contribution in [3.05, 3.63) is 34.1 Å². The van der Waals surface area contributed by atoms with Gasteiger partial charge in [-0.25, -0.2) is 14.4 Å². The fourth-order valence-corrected chi connectivity index (χ4v) is 2.07. The van der Waals surface area contributed by atoms with E-state index in [0.717, 1.165) is 17.3 Å². The topological polar surface area (TPSA) is 46.1 Å². The second kappa shape index (κ2) is 6.43. The number of hydrogen-bond donors (Lipinski definition) is 0. The van der Waals surface area contributed by atoms with E-state index in [1.54, 1.807) is 26.4 Å². The molecule has 0 saturated heterocycles. The lowest BCUT2D eigenvalue weighted by molar-refractivity contribution is -0.127. The summed E-state index contributed by atoms with van der Waals surface area (Å²) in [5.74, 6) is -0.253. The number of allylic oxidation sites excluding steroid dienone is 1. The summed E-state index contributed by atoms with van der Waals surface area (Å²) in [4.78, 5) is 21.6. The van der Waals surface area contributed by atoms with Gasteiger partial charge < -0.3 is 4.90 Å². The van der Waals surface area contributed by atoms with Crippen molar-refractivity contribution in [2.75, 3.05) is 13.6 Å². The van der Waals surface area contributed by atoms with Gasteiger partial charge in [0, 0.05) is 32.4 Å². The van der Waals surface area contributed by atoms with Crippen LogP contribution in [0.15, 0.2) is 28.3 Å². The molecule has 2 rings (SSSR count). The number of carbonyl (C=O) groups excluding carboxylic acids is 1. The molecule has 1 heterocycles. The van der Waals surface area contributed by atoms with E-state index in [2.05, 4.69) is 25.9 Å². The first-order valence-electron chi connectivity index (χ1n) is 6.57. The van der Waals surface area contributed by atoms with E-state index in [0.29, 0.717) is 24.4 Å². The van der Waals surface area contributed by atoms with Gasteiger partial charge >= 0.3 is 0 Å². The van der Waals surface area contributed by atoms with E-state index in [1.165, 1.54) is 4.90 Å². The monoisotopic (exact) mass is 341 g/mol. The largest absolute Gasteiger partial charge is 0.339 e. The maximum Gasteiger partial charge on any atom is 0.282 e. The zero-order valence-electron chi connectivity index (χ0n) is 11.6. The Balaban J connectivity index is 1.91. The van der Waals surface area contributed by atoms with Crippen LogP contribution >= 0.6 is 15.9 Å². The lowest BCUT2D eigenvalue weighted by Gasteiger charge is -2.16. The molecule has 0 unspecified atom stereocenters. The number of carbonyl (C=O) groups is 1. The number of hydrogen-bond acceptors (Lipinski definition) is 3. The Labute approximate surface area is 126 Å². The second-order valence-corrected chi connectivity index (χ2v) is 5.98. The average molecular weight is 342 g/mol. The van der Waals surface area contributed by atoms with Gasteiger partial charge in [-0.15, -0.1) is 0 Å². The molecule has 0 atom stereocenters. The van der Waals surface area contributed by atoms with E-state index in [4.69, 9.17) is 0 Å². The van der Waals surface area contributed by atoms with Crippen LogP contribution in [0.5, 0.6) is 0 Å². The van der Waals surface area contributed by atoms with Gasteiger partial charge in [0.2, 0.25) is 0 Å². The Kier molecular flexibility index (Phi) is 4.86. The summed E-state index contributed by atoms with van der Waals surface area (Å²) in [5.41, 5.74) is 0.585. The van der Waals surface area contributed by atoms with Crippen LogP contribution in [0.1, 0.15) is 25.6 Å². The highest BCUT2D eigenvalue weighted by atomic mass is 79.9. The Hall–Kier alpha value is -1.30. The fraction of sp³-hybridized carbons (Fsp3) is 0.500. The summed E-state index contributed by atoms with van der Waals surface area (Å²) < 4.78 is 14.8. The smallest absolute Gasteiger partial charge is 0.282 e. The Morgan fingerprint density at radius 3 is 2.60 bits per heavy atom. The van der Waals surface area contributed by atoms with Gasteiger partial charge in [0.25, 0.3) is 5.91 Å². The van der Waals surface area contributed by atoms with Gasteiger partial charge in [-0.05, 0) is 47.2 Å². The van der Waals surface area contributed by atoms with Gasteiger partial charge in [0.15, 0.2) is 5.83 Å². The van der Waals surface area contributed by atoms with E-state index in [9.17, 15) is 9.18 Å². The van der Waals surface area contributed by atoms with Gasteiger partial charge in [-0.1, -0.05) is 0 Å². The highest BCUT2D eigenvalue weighted by molar-refractivity contribution is 9.10. The van der Waals surface area contributed by atoms with Gasteiger partial charge in [0.05, 0.1) is 4.47 Å². The molecule has 1 fully saturated rings. The highest BCUT2D eigenvalue weighted by Crippen LogP contribution is 2.38. The summed E-state index contributed by atoms with van der Waals surface area (Å²) in [6, 6.07) is 0. The van der Waals surface area contributed by atoms with Crippen LogP contribution in [0.3, 0.4) is 0 Å². The molecule has 0 radical (unpaired) electrons. The summed E-state index contributed by atoms with van der Waals surface area (Å²) in [6.07, 6.45) is 5.79. The molecule has 1 saturated carbocycles. The quantitative estimate of drug-likeness (QED) is 0.773. The zero-order valence-corrected chi connectivity index (χ0v) is 13.2. The maximum absolute atomic E-state index is 14.0. The molecule has 1 aromatic heterocycles. The lowest BCUT2D eigenvalue weighted by atomic mass is 10.1. The number of likely N-dealkylation sites (N-methyl/N-ethyl adjacent to an activating group) is 1. The number of amides is 1. The van der Waals surface area contributed by atoms with E-state index in [-0.39, 0.29) is 5.92 Å². The standard InChI is InChI=1S/C14H17BrFN3O/c1-9(10-3-4-10)13(16)14(20)19(2)6-5-12-17-7-11(15)8-18-12/h7-8,10H,3-6H2,1-2H3/b13-9-. The van der Waals surface area contributed by atoms with Crippen molar-refractivity contribution >= 4 is 21.8 Å². The number of rotatable bonds is 5. The molecule has 1 aliphatic carbocycles. The molecular weight excluding hydrogens is 325 g/mol.